The molecule has 0 saturated carbocycles. The fourth-order valence-corrected chi connectivity index (χ4v) is 1.77. The first-order chi connectivity index (χ1) is 9.84. The second-order valence-electron chi connectivity index (χ2n) is 4.54. The Balaban J connectivity index is 2.67. The second kappa shape index (κ2) is 7.97. The lowest BCUT2D eigenvalue weighted by atomic mass is 10.1. The molecule has 1 amide bonds. The standard InChI is InChI=1S/C14H17F4NO2/c1-21-9-3-2-4-12(20)19-13(14(16,17)18)10-5-7-11(15)8-6-10/h5-8,13H,2-4,9H2,1H3,(H,19,20)/t13-/m1/s1. The molecule has 0 aliphatic carbocycles. The first kappa shape index (κ1) is 17.4. The monoisotopic (exact) mass is 307 g/mol. The zero-order valence-electron chi connectivity index (χ0n) is 11.5. The molecule has 0 spiro atoms. The number of halogens is 4. The molecule has 0 radical (unpaired) electrons. The number of hydrogen-bond donors (Lipinski definition) is 1. The highest BCUT2D eigenvalue weighted by Crippen LogP contribution is 2.32. The molecule has 1 atom stereocenters. The third-order valence-corrected chi connectivity index (χ3v) is 2.84. The van der Waals surface area contributed by atoms with Gasteiger partial charge in [0, 0.05) is 20.1 Å². The van der Waals surface area contributed by atoms with Crippen LogP contribution >= 0.6 is 0 Å². The van der Waals surface area contributed by atoms with Crippen molar-refractivity contribution < 1.29 is 27.1 Å². The molecule has 0 aromatic heterocycles. The van der Waals surface area contributed by atoms with Crippen molar-refractivity contribution in [2.45, 2.75) is 31.5 Å². The number of nitrogens with one attached hydrogen (secondary N) is 1. The third-order valence-electron chi connectivity index (χ3n) is 2.84. The number of alkyl halides is 3. The molecule has 0 unspecified atom stereocenters. The van der Waals surface area contributed by atoms with E-state index in [4.69, 9.17) is 4.74 Å². The smallest absolute Gasteiger partial charge is 0.385 e. The first-order valence-electron chi connectivity index (χ1n) is 6.45. The van der Waals surface area contributed by atoms with Crippen molar-refractivity contribution >= 4 is 5.91 Å². The summed E-state index contributed by atoms with van der Waals surface area (Å²) >= 11 is 0. The lowest BCUT2D eigenvalue weighted by Crippen LogP contribution is -2.38. The predicted octanol–water partition coefficient (Wildman–Crippen LogP) is 3.36. The van der Waals surface area contributed by atoms with Gasteiger partial charge >= 0.3 is 6.18 Å². The number of hydrogen-bond acceptors (Lipinski definition) is 2. The largest absolute Gasteiger partial charge is 0.412 e. The molecule has 0 saturated heterocycles. The van der Waals surface area contributed by atoms with E-state index in [1.807, 2.05) is 5.32 Å². The number of ether oxygens (including phenoxy) is 1. The molecule has 0 bridgehead atoms. The van der Waals surface area contributed by atoms with Gasteiger partial charge in [-0.25, -0.2) is 4.39 Å². The van der Waals surface area contributed by atoms with E-state index in [0.29, 0.717) is 19.4 Å². The number of benzene rings is 1. The highest BCUT2D eigenvalue weighted by atomic mass is 19.4. The van der Waals surface area contributed by atoms with Gasteiger partial charge in [-0.3, -0.25) is 4.79 Å². The zero-order chi connectivity index (χ0) is 15.9. The van der Waals surface area contributed by atoms with Gasteiger partial charge in [-0.05, 0) is 30.5 Å². The number of amides is 1. The van der Waals surface area contributed by atoms with E-state index >= 15 is 0 Å². The van der Waals surface area contributed by atoms with Crippen molar-refractivity contribution in [3.8, 4) is 0 Å². The van der Waals surface area contributed by atoms with Crippen molar-refractivity contribution in [2.24, 2.45) is 0 Å². The molecular weight excluding hydrogens is 290 g/mol. The van der Waals surface area contributed by atoms with Crippen LogP contribution in [0.1, 0.15) is 30.9 Å². The van der Waals surface area contributed by atoms with Gasteiger partial charge in [0.15, 0.2) is 6.04 Å². The average molecular weight is 307 g/mol. The summed E-state index contributed by atoms with van der Waals surface area (Å²) in [6, 6.07) is 1.75. The summed E-state index contributed by atoms with van der Waals surface area (Å²) in [7, 11) is 1.51. The van der Waals surface area contributed by atoms with Gasteiger partial charge in [0.25, 0.3) is 0 Å². The Morgan fingerprint density at radius 2 is 1.86 bits per heavy atom. The molecule has 7 heteroatoms. The van der Waals surface area contributed by atoms with Gasteiger partial charge in [0.2, 0.25) is 5.91 Å². The van der Waals surface area contributed by atoms with Gasteiger partial charge in [0.05, 0.1) is 0 Å². The maximum absolute atomic E-state index is 13.0. The Morgan fingerprint density at radius 3 is 2.38 bits per heavy atom. The van der Waals surface area contributed by atoms with Crippen LogP contribution in [-0.2, 0) is 9.53 Å². The van der Waals surface area contributed by atoms with Crippen LogP contribution in [0, 0.1) is 5.82 Å². The lowest BCUT2D eigenvalue weighted by Gasteiger charge is -2.22. The van der Waals surface area contributed by atoms with Crippen molar-refractivity contribution in [3.05, 3.63) is 35.6 Å². The summed E-state index contributed by atoms with van der Waals surface area (Å²) in [5, 5.41) is 1.94. The highest BCUT2D eigenvalue weighted by molar-refractivity contribution is 5.76. The average Bonchev–Trinajstić information content (AvgIpc) is 2.41. The number of carbonyl (C=O) groups excluding carboxylic acids is 1. The maximum atomic E-state index is 13.0. The number of carbonyl (C=O) groups is 1. The van der Waals surface area contributed by atoms with Crippen LogP contribution in [0.4, 0.5) is 17.6 Å². The Morgan fingerprint density at radius 1 is 1.24 bits per heavy atom. The molecule has 1 N–H and O–H groups in total. The Labute approximate surface area is 120 Å². The van der Waals surface area contributed by atoms with E-state index in [-0.39, 0.29) is 12.0 Å². The number of unbranched alkanes of at least 4 members (excludes halogenated alkanes) is 1. The van der Waals surface area contributed by atoms with Gasteiger partial charge in [0.1, 0.15) is 5.82 Å². The molecule has 118 valence electrons. The quantitative estimate of drug-likeness (QED) is 0.619. The fourth-order valence-electron chi connectivity index (χ4n) is 1.77. The van der Waals surface area contributed by atoms with Crippen LogP contribution in [0.2, 0.25) is 0 Å². The fraction of sp³-hybridized carbons (Fsp3) is 0.500. The summed E-state index contributed by atoms with van der Waals surface area (Å²) < 4.78 is 56.5. The number of methoxy groups -OCH3 is 1. The predicted molar refractivity (Wildman–Crippen MR) is 69.1 cm³/mol. The molecule has 0 aliphatic rings. The van der Waals surface area contributed by atoms with Crippen LogP contribution < -0.4 is 5.32 Å². The van der Waals surface area contributed by atoms with Crippen LogP contribution in [-0.4, -0.2) is 25.8 Å². The molecule has 1 aromatic rings. The van der Waals surface area contributed by atoms with Gasteiger partial charge in [-0.2, -0.15) is 13.2 Å². The van der Waals surface area contributed by atoms with E-state index < -0.39 is 23.9 Å². The van der Waals surface area contributed by atoms with E-state index in [2.05, 4.69) is 0 Å². The highest BCUT2D eigenvalue weighted by Gasteiger charge is 2.41. The van der Waals surface area contributed by atoms with Crippen molar-refractivity contribution in [1.29, 1.82) is 0 Å². The molecular formula is C14H17F4NO2. The van der Waals surface area contributed by atoms with E-state index in [1.165, 1.54) is 7.11 Å². The maximum Gasteiger partial charge on any atom is 0.412 e. The van der Waals surface area contributed by atoms with E-state index in [9.17, 15) is 22.4 Å². The molecule has 1 rings (SSSR count). The second-order valence-corrected chi connectivity index (χ2v) is 4.54. The van der Waals surface area contributed by atoms with Crippen LogP contribution in [0.5, 0.6) is 0 Å². The molecule has 3 nitrogen and oxygen atoms in total. The molecule has 0 aliphatic heterocycles. The van der Waals surface area contributed by atoms with Crippen LogP contribution in [0.3, 0.4) is 0 Å². The minimum Gasteiger partial charge on any atom is -0.385 e. The summed E-state index contributed by atoms with van der Waals surface area (Å²) in [6.45, 7) is 0.452. The van der Waals surface area contributed by atoms with Gasteiger partial charge in [-0.15, -0.1) is 0 Å². The van der Waals surface area contributed by atoms with Crippen molar-refractivity contribution in [1.82, 2.24) is 5.32 Å². The minimum absolute atomic E-state index is 0.0167. The molecule has 0 heterocycles. The van der Waals surface area contributed by atoms with Crippen molar-refractivity contribution in [3.63, 3.8) is 0 Å². The normalized spacial score (nSPS) is 13.0. The zero-order valence-corrected chi connectivity index (χ0v) is 11.5. The number of rotatable bonds is 7. The molecule has 1 aromatic carbocycles. The third kappa shape index (κ3) is 6.12. The van der Waals surface area contributed by atoms with E-state index in [1.54, 1.807) is 0 Å². The van der Waals surface area contributed by atoms with E-state index in [0.717, 1.165) is 24.3 Å². The van der Waals surface area contributed by atoms with Crippen LogP contribution in [0.25, 0.3) is 0 Å². The summed E-state index contributed by atoms with van der Waals surface area (Å²) in [4.78, 5) is 11.6. The Hall–Kier alpha value is -1.63. The summed E-state index contributed by atoms with van der Waals surface area (Å²) in [5.74, 6) is -1.33. The summed E-state index contributed by atoms with van der Waals surface area (Å²) in [5.41, 5.74) is -0.200. The van der Waals surface area contributed by atoms with Gasteiger partial charge < -0.3 is 10.1 Å². The Kier molecular flexibility index (Phi) is 6.61. The minimum atomic E-state index is -4.64. The topological polar surface area (TPSA) is 38.3 Å². The molecule has 21 heavy (non-hydrogen) atoms. The SMILES string of the molecule is COCCCCC(=O)N[C@H](c1ccc(F)cc1)C(F)(F)F. The Bertz CT molecular complexity index is 445. The first-order valence-corrected chi connectivity index (χ1v) is 6.45. The van der Waals surface area contributed by atoms with Gasteiger partial charge in [-0.1, -0.05) is 12.1 Å². The van der Waals surface area contributed by atoms with Crippen LogP contribution in [0.15, 0.2) is 24.3 Å². The molecule has 0 fully saturated rings. The lowest BCUT2D eigenvalue weighted by molar-refractivity contribution is -0.163. The van der Waals surface area contributed by atoms with Crippen molar-refractivity contribution in [2.75, 3.05) is 13.7 Å². The summed E-state index contributed by atoms with van der Waals surface area (Å²) in [6.07, 6.45) is -3.62.